The molecule has 0 aliphatic heterocycles. The molecule has 1 heterocycles. The summed E-state index contributed by atoms with van der Waals surface area (Å²) < 4.78 is 1.66. The lowest BCUT2D eigenvalue weighted by Crippen LogP contribution is -2.19. The van der Waals surface area contributed by atoms with Crippen molar-refractivity contribution < 1.29 is 5.11 Å². The Morgan fingerprint density at radius 2 is 1.50 bits per heavy atom. The van der Waals surface area contributed by atoms with Gasteiger partial charge in [-0.2, -0.15) is 0 Å². The molecular weight excluding hydrogens is 298 g/mol. The van der Waals surface area contributed by atoms with Gasteiger partial charge in [0, 0.05) is 17.3 Å². The van der Waals surface area contributed by atoms with Crippen molar-refractivity contribution in [2.45, 2.75) is 6.54 Å². The topological polar surface area (TPSA) is 42.2 Å². The third-order valence-corrected chi connectivity index (χ3v) is 3.70. The van der Waals surface area contributed by atoms with Crippen molar-refractivity contribution in [1.29, 1.82) is 0 Å². The van der Waals surface area contributed by atoms with Crippen molar-refractivity contribution in [2.24, 2.45) is 0 Å². The average molecular weight is 312 g/mol. The lowest BCUT2D eigenvalue weighted by Gasteiger charge is -2.09. The maximum atomic E-state index is 12.0. The summed E-state index contributed by atoms with van der Waals surface area (Å²) in [6.45, 7) is 0.488. The van der Waals surface area contributed by atoms with Gasteiger partial charge in [0.2, 0.25) is 0 Å². The van der Waals surface area contributed by atoms with Gasteiger partial charge in [-0.1, -0.05) is 35.9 Å². The summed E-state index contributed by atoms with van der Waals surface area (Å²) in [7, 11) is 0. The molecule has 1 N–H and O–H groups in total. The van der Waals surface area contributed by atoms with Crippen LogP contribution >= 0.6 is 11.6 Å². The summed E-state index contributed by atoms with van der Waals surface area (Å²) in [4.78, 5) is 12.0. The largest absolute Gasteiger partial charge is 0.508 e. The molecule has 0 saturated heterocycles. The van der Waals surface area contributed by atoms with Crippen LogP contribution in [0, 0.1) is 0 Å². The van der Waals surface area contributed by atoms with E-state index >= 15 is 0 Å². The zero-order chi connectivity index (χ0) is 15.5. The molecule has 0 bridgehead atoms. The van der Waals surface area contributed by atoms with Crippen molar-refractivity contribution >= 4 is 11.6 Å². The summed E-state index contributed by atoms with van der Waals surface area (Å²) >= 11 is 5.87. The second-order valence-electron chi connectivity index (χ2n) is 5.06. The first-order valence-electron chi connectivity index (χ1n) is 6.86. The standard InChI is InChI=1S/C18H14ClNO2/c19-16-6-1-13(2-7-16)11-20-12-15(5-10-18(20)22)14-3-8-17(21)9-4-14/h1-10,12,21H,11H2. The molecule has 0 aliphatic carbocycles. The first kappa shape index (κ1) is 14.4. The number of benzene rings is 2. The van der Waals surface area contributed by atoms with Gasteiger partial charge >= 0.3 is 0 Å². The molecule has 0 amide bonds. The highest BCUT2D eigenvalue weighted by atomic mass is 35.5. The first-order valence-corrected chi connectivity index (χ1v) is 7.24. The molecular formula is C18H14ClNO2. The van der Waals surface area contributed by atoms with Crippen LogP contribution in [0.1, 0.15) is 5.56 Å². The smallest absolute Gasteiger partial charge is 0.250 e. The van der Waals surface area contributed by atoms with Crippen LogP contribution in [0.5, 0.6) is 5.75 Å². The van der Waals surface area contributed by atoms with Crippen LogP contribution in [-0.2, 0) is 6.54 Å². The number of nitrogens with zero attached hydrogens (tertiary/aromatic N) is 1. The highest BCUT2D eigenvalue weighted by molar-refractivity contribution is 6.30. The minimum absolute atomic E-state index is 0.0579. The molecule has 2 aromatic carbocycles. The van der Waals surface area contributed by atoms with Crippen molar-refractivity contribution in [3.63, 3.8) is 0 Å². The Morgan fingerprint density at radius 3 is 2.18 bits per heavy atom. The van der Waals surface area contributed by atoms with Gasteiger partial charge in [0.05, 0.1) is 6.54 Å². The molecule has 0 fully saturated rings. The van der Waals surface area contributed by atoms with Crippen molar-refractivity contribution in [2.75, 3.05) is 0 Å². The number of aromatic nitrogens is 1. The second kappa shape index (κ2) is 6.08. The van der Waals surface area contributed by atoms with Crippen LogP contribution in [0.3, 0.4) is 0 Å². The second-order valence-corrected chi connectivity index (χ2v) is 5.49. The van der Waals surface area contributed by atoms with Crippen LogP contribution in [-0.4, -0.2) is 9.67 Å². The number of pyridine rings is 1. The Morgan fingerprint density at radius 1 is 0.864 bits per heavy atom. The number of aromatic hydroxyl groups is 1. The van der Waals surface area contributed by atoms with Crippen LogP contribution in [0.15, 0.2) is 71.7 Å². The highest BCUT2D eigenvalue weighted by Crippen LogP contribution is 2.21. The van der Waals surface area contributed by atoms with Crippen molar-refractivity contribution in [3.8, 4) is 16.9 Å². The van der Waals surface area contributed by atoms with E-state index in [9.17, 15) is 9.90 Å². The van der Waals surface area contributed by atoms with Gasteiger partial charge in [-0.25, -0.2) is 0 Å². The van der Waals surface area contributed by atoms with Gasteiger partial charge in [-0.15, -0.1) is 0 Å². The Kier molecular flexibility index (Phi) is 3.98. The molecule has 0 radical (unpaired) electrons. The molecule has 0 spiro atoms. The summed E-state index contributed by atoms with van der Waals surface area (Å²) in [5, 5.41) is 10.0. The lowest BCUT2D eigenvalue weighted by molar-refractivity contribution is 0.475. The number of rotatable bonds is 3. The summed E-state index contributed by atoms with van der Waals surface area (Å²) in [6, 6.07) is 17.7. The number of phenols is 1. The summed E-state index contributed by atoms with van der Waals surface area (Å²) in [5.41, 5.74) is 2.82. The van der Waals surface area contributed by atoms with E-state index in [2.05, 4.69) is 0 Å². The molecule has 22 heavy (non-hydrogen) atoms. The van der Waals surface area contributed by atoms with Gasteiger partial charge in [0.1, 0.15) is 5.75 Å². The van der Waals surface area contributed by atoms with Crippen molar-refractivity contribution in [3.05, 3.63) is 87.8 Å². The van der Waals surface area contributed by atoms with E-state index < -0.39 is 0 Å². The number of hydrogen-bond donors (Lipinski definition) is 1. The molecule has 4 heteroatoms. The van der Waals surface area contributed by atoms with Crippen molar-refractivity contribution in [1.82, 2.24) is 4.57 Å². The zero-order valence-electron chi connectivity index (χ0n) is 11.7. The van der Waals surface area contributed by atoms with Gasteiger partial charge in [0.25, 0.3) is 5.56 Å². The lowest BCUT2D eigenvalue weighted by atomic mass is 10.1. The molecule has 3 rings (SSSR count). The monoisotopic (exact) mass is 311 g/mol. The molecule has 0 unspecified atom stereocenters. The van der Waals surface area contributed by atoms with Gasteiger partial charge in [-0.05, 0) is 47.0 Å². The fourth-order valence-corrected chi connectivity index (χ4v) is 2.39. The fourth-order valence-electron chi connectivity index (χ4n) is 2.27. The van der Waals surface area contributed by atoms with Gasteiger partial charge in [0.15, 0.2) is 0 Å². The zero-order valence-corrected chi connectivity index (χ0v) is 12.5. The third-order valence-electron chi connectivity index (χ3n) is 3.45. The maximum absolute atomic E-state index is 12.0. The van der Waals surface area contributed by atoms with E-state index in [1.54, 1.807) is 28.8 Å². The summed E-state index contributed by atoms with van der Waals surface area (Å²) in [5.74, 6) is 0.221. The minimum atomic E-state index is -0.0579. The van der Waals surface area contributed by atoms with Gasteiger partial charge in [-0.3, -0.25) is 4.79 Å². The predicted molar refractivity (Wildman–Crippen MR) is 88.4 cm³/mol. The number of phenolic OH excluding ortho intramolecular Hbond substituents is 1. The third kappa shape index (κ3) is 3.21. The first-order chi connectivity index (χ1) is 10.6. The molecule has 1 aromatic heterocycles. The molecule has 110 valence electrons. The fraction of sp³-hybridized carbons (Fsp3) is 0.0556. The number of halogens is 1. The highest BCUT2D eigenvalue weighted by Gasteiger charge is 2.03. The van der Waals surface area contributed by atoms with Gasteiger partial charge < -0.3 is 9.67 Å². The van der Waals surface area contributed by atoms with Crippen LogP contribution in [0.25, 0.3) is 11.1 Å². The molecule has 3 aromatic rings. The maximum Gasteiger partial charge on any atom is 0.250 e. The Bertz CT molecular complexity index is 836. The van der Waals surface area contributed by atoms with Crippen LogP contribution < -0.4 is 5.56 Å². The Hall–Kier alpha value is -2.52. The molecule has 3 nitrogen and oxygen atoms in total. The Labute approximate surface area is 133 Å². The van der Waals surface area contributed by atoms with Crippen LogP contribution in [0.2, 0.25) is 5.02 Å². The van der Waals surface area contributed by atoms with E-state index in [1.807, 2.05) is 42.6 Å². The van der Waals surface area contributed by atoms with E-state index in [4.69, 9.17) is 11.6 Å². The molecule has 0 saturated carbocycles. The predicted octanol–water partition coefficient (Wildman–Crippen LogP) is 3.92. The quantitative estimate of drug-likeness (QED) is 0.796. The number of hydrogen-bond acceptors (Lipinski definition) is 2. The molecule has 0 atom stereocenters. The minimum Gasteiger partial charge on any atom is -0.508 e. The summed E-state index contributed by atoms with van der Waals surface area (Å²) in [6.07, 6.45) is 1.82. The van der Waals surface area contributed by atoms with E-state index in [0.717, 1.165) is 16.7 Å². The van der Waals surface area contributed by atoms with E-state index in [-0.39, 0.29) is 11.3 Å². The van der Waals surface area contributed by atoms with E-state index in [0.29, 0.717) is 11.6 Å². The SMILES string of the molecule is O=c1ccc(-c2ccc(O)cc2)cn1Cc1ccc(Cl)cc1. The Balaban J connectivity index is 1.94. The van der Waals surface area contributed by atoms with E-state index in [1.165, 1.54) is 0 Å². The van der Waals surface area contributed by atoms with Crippen LogP contribution in [0.4, 0.5) is 0 Å². The molecule has 0 aliphatic rings. The normalized spacial score (nSPS) is 10.6. The average Bonchev–Trinajstić information content (AvgIpc) is 2.52.